The van der Waals surface area contributed by atoms with Crippen molar-refractivity contribution in [3.8, 4) is 0 Å². The molecule has 1 fully saturated rings. The molecule has 1 atom stereocenters. The standard InChI is InChI=1S/C17H26N2O/c1-13-7-9-14(10-8-13)15(16(18)19(2)3)17(20)11-5-4-6-12-17/h7-10,15,18,20H,4-6,11-12H2,1-3H3. The highest BCUT2D eigenvalue weighted by molar-refractivity contribution is 5.87. The lowest BCUT2D eigenvalue weighted by Crippen LogP contribution is -2.45. The Balaban J connectivity index is 2.38. The number of benzene rings is 1. The Morgan fingerprint density at radius 3 is 2.20 bits per heavy atom. The third kappa shape index (κ3) is 3.04. The molecule has 3 heteroatoms. The Kier molecular flexibility index (Phi) is 4.48. The molecule has 0 spiro atoms. The van der Waals surface area contributed by atoms with E-state index in [2.05, 4.69) is 31.2 Å². The number of likely N-dealkylation sites (N-methyl/N-ethyl adjacent to an activating group) is 1. The average molecular weight is 274 g/mol. The highest BCUT2D eigenvalue weighted by atomic mass is 16.3. The molecule has 0 bridgehead atoms. The second-order valence-electron chi connectivity index (χ2n) is 6.29. The van der Waals surface area contributed by atoms with Crippen LogP contribution in [0, 0.1) is 12.3 Å². The van der Waals surface area contributed by atoms with E-state index < -0.39 is 5.60 Å². The molecule has 0 heterocycles. The molecule has 1 saturated carbocycles. The molecule has 110 valence electrons. The van der Waals surface area contributed by atoms with Crippen LogP contribution in [0.1, 0.15) is 49.1 Å². The summed E-state index contributed by atoms with van der Waals surface area (Å²) >= 11 is 0. The second kappa shape index (κ2) is 5.96. The van der Waals surface area contributed by atoms with E-state index in [-0.39, 0.29) is 5.92 Å². The molecule has 1 aliphatic carbocycles. The summed E-state index contributed by atoms with van der Waals surface area (Å²) in [7, 11) is 3.77. The fourth-order valence-electron chi connectivity index (χ4n) is 3.19. The van der Waals surface area contributed by atoms with Crippen molar-refractivity contribution in [1.82, 2.24) is 4.90 Å². The van der Waals surface area contributed by atoms with Crippen LogP contribution in [0.4, 0.5) is 0 Å². The van der Waals surface area contributed by atoms with E-state index >= 15 is 0 Å². The van der Waals surface area contributed by atoms with E-state index in [1.165, 1.54) is 12.0 Å². The third-order valence-electron chi connectivity index (χ3n) is 4.42. The number of nitrogens with zero attached hydrogens (tertiary/aromatic N) is 1. The zero-order chi connectivity index (χ0) is 14.8. The Morgan fingerprint density at radius 2 is 1.70 bits per heavy atom. The van der Waals surface area contributed by atoms with Crippen molar-refractivity contribution in [3.63, 3.8) is 0 Å². The summed E-state index contributed by atoms with van der Waals surface area (Å²) in [5.74, 6) is 0.275. The van der Waals surface area contributed by atoms with Crippen LogP contribution in [0.2, 0.25) is 0 Å². The number of amidine groups is 1. The van der Waals surface area contributed by atoms with Crippen LogP contribution in [-0.4, -0.2) is 35.5 Å². The number of nitrogens with one attached hydrogen (secondary N) is 1. The van der Waals surface area contributed by atoms with Crippen LogP contribution in [0.5, 0.6) is 0 Å². The van der Waals surface area contributed by atoms with Gasteiger partial charge in [-0.05, 0) is 25.3 Å². The van der Waals surface area contributed by atoms with E-state index in [4.69, 9.17) is 5.41 Å². The quantitative estimate of drug-likeness (QED) is 0.656. The van der Waals surface area contributed by atoms with E-state index in [0.717, 1.165) is 31.2 Å². The van der Waals surface area contributed by atoms with Crippen molar-refractivity contribution >= 4 is 5.84 Å². The van der Waals surface area contributed by atoms with Crippen molar-refractivity contribution in [2.45, 2.75) is 50.5 Å². The minimum Gasteiger partial charge on any atom is -0.389 e. The molecule has 1 aromatic rings. The zero-order valence-corrected chi connectivity index (χ0v) is 12.8. The molecule has 0 saturated heterocycles. The Bertz CT molecular complexity index is 458. The molecule has 3 nitrogen and oxygen atoms in total. The van der Waals surface area contributed by atoms with Crippen LogP contribution in [-0.2, 0) is 0 Å². The Labute approximate surface area is 122 Å². The lowest BCUT2D eigenvalue weighted by Gasteiger charge is -2.41. The highest BCUT2D eigenvalue weighted by Gasteiger charge is 2.41. The highest BCUT2D eigenvalue weighted by Crippen LogP contribution is 2.40. The maximum absolute atomic E-state index is 11.1. The minimum absolute atomic E-state index is 0.224. The van der Waals surface area contributed by atoms with Gasteiger partial charge in [0.1, 0.15) is 5.84 Å². The fraction of sp³-hybridized carbons (Fsp3) is 0.588. The van der Waals surface area contributed by atoms with Crippen LogP contribution in [0.3, 0.4) is 0 Å². The number of hydrogen-bond donors (Lipinski definition) is 2. The van der Waals surface area contributed by atoms with Gasteiger partial charge in [-0.25, -0.2) is 0 Å². The summed E-state index contributed by atoms with van der Waals surface area (Å²) in [6, 6.07) is 8.25. The molecular weight excluding hydrogens is 248 g/mol. The topological polar surface area (TPSA) is 47.3 Å². The van der Waals surface area contributed by atoms with E-state index in [0.29, 0.717) is 5.84 Å². The van der Waals surface area contributed by atoms with E-state index in [1.807, 2.05) is 19.0 Å². The average Bonchev–Trinajstić information content (AvgIpc) is 2.41. The Morgan fingerprint density at radius 1 is 1.15 bits per heavy atom. The molecule has 1 aromatic carbocycles. The summed E-state index contributed by atoms with van der Waals surface area (Å²) in [6.45, 7) is 2.06. The summed E-state index contributed by atoms with van der Waals surface area (Å²) in [4.78, 5) is 1.82. The fourth-order valence-corrected chi connectivity index (χ4v) is 3.19. The van der Waals surface area contributed by atoms with Gasteiger partial charge in [0.2, 0.25) is 0 Å². The molecule has 1 aliphatic rings. The first-order chi connectivity index (χ1) is 9.44. The summed E-state index contributed by atoms with van der Waals surface area (Å²) in [5, 5.41) is 19.5. The van der Waals surface area contributed by atoms with Crippen LogP contribution < -0.4 is 0 Å². The number of aliphatic hydroxyl groups is 1. The number of aryl methyl sites for hydroxylation is 1. The Hall–Kier alpha value is -1.35. The predicted molar refractivity (Wildman–Crippen MR) is 83.4 cm³/mol. The van der Waals surface area contributed by atoms with Crippen LogP contribution >= 0.6 is 0 Å². The maximum atomic E-state index is 11.1. The SMILES string of the molecule is Cc1ccc(C(C(=N)N(C)C)C2(O)CCCCC2)cc1. The normalized spacial score (nSPS) is 19.4. The van der Waals surface area contributed by atoms with Crippen LogP contribution in [0.15, 0.2) is 24.3 Å². The molecule has 0 radical (unpaired) electrons. The van der Waals surface area contributed by atoms with Crippen LogP contribution in [0.25, 0.3) is 0 Å². The number of hydrogen-bond acceptors (Lipinski definition) is 2. The molecule has 2 rings (SSSR count). The zero-order valence-electron chi connectivity index (χ0n) is 12.8. The van der Waals surface area contributed by atoms with Gasteiger partial charge >= 0.3 is 0 Å². The van der Waals surface area contributed by atoms with Gasteiger partial charge in [-0.1, -0.05) is 49.1 Å². The van der Waals surface area contributed by atoms with Gasteiger partial charge in [0.05, 0.1) is 11.5 Å². The molecule has 0 aliphatic heterocycles. The molecule has 0 aromatic heterocycles. The second-order valence-corrected chi connectivity index (χ2v) is 6.29. The number of rotatable bonds is 3. The summed E-state index contributed by atoms with van der Waals surface area (Å²) in [5.41, 5.74) is 1.49. The summed E-state index contributed by atoms with van der Waals surface area (Å²) < 4.78 is 0. The first kappa shape index (κ1) is 15.0. The van der Waals surface area contributed by atoms with Gasteiger partial charge in [-0.15, -0.1) is 0 Å². The maximum Gasteiger partial charge on any atom is 0.106 e. The minimum atomic E-state index is -0.769. The monoisotopic (exact) mass is 274 g/mol. The van der Waals surface area contributed by atoms with Gasteiger partial charge in [-0.2, -0.15) is 0 Å². The first-order valence-electron chi connectivity index (χ1n) is 7.49. The predicted octanol–water partition coefficient (Wildman–Crippen LogP) is 3.31. The first-order valence-corrected chi connectivity index (χ1v) is 7.49. The van der Waals surface area contributed by atoms with Gasteiger partial charge in [0.25, 0.3) is 0 Å². The third-order valence-corrected chi connectivity index (χ3v) is 4.42. The lowest BCUT2D eigenvalue weighted by atomic mass is 9.72. The molecular formula is C17H26N2O. The van der Waals surface area contributed by atoms with Crippen molar-refractivity contribution < 1.29 is 5.11 Å². The van der Waals surface area contributed by atoms with Crippen molar-refractivity contribution in [3.05, 3.63) is 35.4 Å². The van der Waals surface area contributed by atoms with Gasteiger partial charge in [0, 0.05) is 14.1 Å². The van der Waals surface area contributed by atoms with E-state index in [1.54, 1.807) is 0 Å². The van der Waals surface area contributed by atoms with Crippen molar-refractivity contribution in [1.29, 1.82) is 5.41 Å². The van der Waals surface area contributed by atoms with Gasteiger partial charge in [0.15, 0.2) is 0 Å². The molecule has 1 unspecified atom stereocenters. The van der Waals surface area contributed by atoms with Crippen molar-refractivity contribution in [2.75, 3.05) is 14.1 Å². The van der Waals surface area contributed by atoms with Crippen molar-refractivity contribution in [2.24, 2.45) is 0 Å². The molecule has 0 amide bonds. The smallest absolute Gasteiger partial charge is 0.106 e. The lowest BCUT2D eigenvalue weighted by molar-refractivity contribution is -0.00642. The largest absolute Gasteiger partial charge is 0.389 e. The van der Waals surface area contributed by atoms with Gasteiger partial charge in [-0.3, -0.25) is 5.41 Å². The van der Waals surface area contributed by atoms with E-state index in [9.17, 15) is 5.11 Å². The van der Waals surface area contributed by atoms with Gasteiger partial charge < -0.3 is 10.0 Å². The summed E-state index contributed by atoms with van der Waals surface area (Å²) in [6.07, 6.45) is 4.89. The molecule has 2 N–H and O–H groups in total. The molecule has 20 heavy (non-hydrogen) atoms.